The summed E-state index contributed by atoms with van der Waals surface area (Å²) in [7, 11) is 2.13. The van der Waals surface area contributed by atoms with Gasteiger partial charge in [-0.2, -0.15) is 0 Å². The van der Waals surface area contributed by atoms with Crippen LogP contribution in [0.5, 0.6) is 0 Å². The Labute approximate surface area is 479 Å². The van der Waals surface area contributed by atoms with Crippen LogP contribution in [0.15, 0.2) is 66.3 Å². The maximum absolute atomic E-state index is 15.6. The quantitative estimate of drug-likeness (QED) is 0.0377. The number of esters is 1. The number of piperazine rings is 1. The summed E-state index contributed by atoms with van der Waals surface area (Å²) < 4.78 is 30.3. The van der Waals surface area contributed by atoms with E-state index in [4.69, 9.17) is 9.47 Å². The lowest BCUT2D eigenvalue weighted by molar-refractivity contribution is -0.926. The molecule has 3 aromatic rings. The Morgan fingerprint density at radius 2 is 1.55 bits per heavy atom. The molecular weight excluding hydrogens is 1060 g/mol. The van der Waals surface area contributed by atoms with Gasteiger partial charge < -0.3 is 39.9 Å². The van der Waals surface area contributed by atoms with Crippen LogP contribution in [0.1, 0.15) is 123 Å². The summed E-state index contributed by atoms with van der Waals surface area (Å²) in [6.07, 6.45) is 8.78. The second kappa shape index (κ2) is 28.1. The predicted molar refractivity (Wildman–Crippen MR) is 304 cm³/mol. The molecule has 2 saturated heterocycles. The highest BCUT2D eigenvalue weighted by atomic mass is 19.1. The number of ether oxygens (including phenoxy) is 2. The molecule has 0 aliphatic carbocycles. The lowest BCUT2D eigenvalue weighted by atomic mass is 9.91. The van der Waals surface area contributed by atoms with E-state index < -0.39 is 66.0 Å². The molecule has 5 heterocycles. The summed E-state index contributed by atoms with van der Waals surface area (Å²) in [6, 6.07) is 8.82. The first-order valence-electron chi connectivity index (χ1n) is 28.8. The highest BCUT2D eigenvalue weighted by Crippen LogP contribution is 2.31. The number of nitrogens with one attached hydrogen (secondary N) is 3. The van der Waals surface area contributed by atoms with Crippen LogP contribution in [-0.4, -0.2) is 170 Å². The smallest absolute Gasteiger partial charge is 0.410 e. The number of rotatable bonds is 18. The van der Waals surface area contributed by atoms with E-state index in [-0.39, 0.29) is 72.8 Å². The maximum atomic E-state index is 15.6. The van der Waals surface area contributed by atoms with Crippen LogP contribution in [-0.2, 0) is 49.6 Å². The van der Waals surface area contributed by atoms with E-state index in [0.717, 1.165) is 10.5 Å². The second-order valence-electron chi connectivity index (χ2n) is 23.3. The van der Waals surface area contributed by atoms with E-state index >= 15 is 4.39 Å². The molecule has 4 N–H and O–H groups in total. The number of amides is 7. The Morgan fingerprint density at radius 1 is 0.866 bits per heavy atom. The lowest BCUT2D eigenvalue weighted by Gasteiger charge is -2.42. The molecule has 0 unspecified atom stereocenters. The molecule has 2 aromatic carbocycles. The first kappa shape index (κ1) is 62.3. The average molecular weight is 1140 g/mol. The number of halogens is 1. The number of quaternary nitrogens is 1. The minimum atomic E-state index is -0.979. The number of piperidine rings is 1. The summed E-state index contributed by atoms with van der Waals surface area (Å²) in [5.41, 5.74) is 3.39. The van der Waals surface area contributed by atoms with Crippen molar-refractivity contribution in [1.29, 1.82) is 0 Å². The molecule has 22 heteroatoms. The Morgan fingerprint density at radius 3 is 2.21 bits per heavy atom. The van der Waals surface area contributed by atoms with Crippen LogP contribution in [0.25, 0.3) is 17.1 Å². The highest BCUT2D eigenvalue weighted by molar-refractivity contribution is 6.12. The lowest BCUT2D eigenvalue weighted by Crippen LogP contribution is -2.58. The second-order valence-corrected chi connectivity index (χ2v) is 23.3. The van der Waals surface area contributed by atoms with Crippen LogP contribution in [0.3, 0.4) is 0 Å². The van der Waals surface area contributed by atoms with Crippen molar-refractivity contribution in [2.75, 3.05) is 58.2 Å². The van der Waals surface area contributed by atoms with Gasteiger partial charge in [0.1, 0.15) is 36.4 Å². The molecule has 4 aliphatic heterocycles. The molecule has 444 valence electrons. The topological polar surface area (TPSA) is 252 Å². The van der Waals surface area contributed by atoms with E-state index in [0.29, 0.717) is 111 Å². The SMILES string of the molecule is CC(=O)N1CCC(n2nnc3c(F)cc(/C=C(\C)[C@@H]4OC(=O)C[C@H](O)CC[C@@H](C)[C@@H](OC(=O)N5CC[N+](C)(Cc6ccc(NC(=O)[C@H](C)NC(=O)[C@@H](NC(=O)CCCCCN7C(=O)C=CC7=O)C(C)C)cc6)CC5)C=C[C@H]4C)cc32)CC1. The third-order valence-corrected chi connectivity index (χ3v) is 16.2. The summed E-state index contributed by atoms with van der Waals surface area (Å²) >= 11 is 0. The zero-order chi connectivity index (χ0) is 59.4. The number of hydrogen-bond acceptors (Lipinski definition) is 13. The number of benzene rings is 2. The van der Waals surface area contributed by atoms with Gasteiger partial charge in [0.05, 0.1) is 57.3 Å². The molecule has 0 saturated carbocycles. The zero-order valence-corrected chi connectivity index (χ0v) is 48.6. The normalized spacial score (nSPS) is 22.8. The predicted octanol–water partition coefficient (Wildman–Crippen LogP) is 5.98. The van der Waals surface area contributed by atoms with E-state index in [2.05, 4.69) is 33.3 Å². The van der Waals surface area contributed by atoms with Gasteiger partial charge in [-0.15, -0.1) is 5.10 Å². The molecule has 7 amide bonds. The number of hydrogen-bond donors (Lipinski definition) is 4. The van der Waals surface area contributed by atoms with Gasteiger partial charge in [0, 0.05) is 62.3 Å². The number of cyclic esters (lactones) is 1. The standard InChI is InChI=1S/C60H81FN10O11/c1-37(2)55(64-51(74)12-10-9-11-25-69-52(75)21-22-53(69)76)59(79)62-41(6)58(78)63-45-17-15-43(16-18-45)36-71(8)30-28-68(29-31-71)60(80)81-50-20-14-39(4)57(82-54(77)35-47(73)19-13-38(50)3)40(5)32-44-33-48(61)56-49(34-44)70(66-65-56)46-23-26-67(27-24-46)42(7)72/h14-18,20-22,32-34,37-39,41,46-47,50,55,57,73H,9-13,19,23-31,35-36H2,1-8H3,(H2-,62,63,64,74,78,79)/p+1/b20-14?,40-32+/t38-,39-,41+,47-,50+,55+,57-/m1/s1. The Kier molecular flexibility index (Phi) is 21.3. The van der Waals surface area contributed by atoms with E-state index in [1.165, 1.54) is 18.2 Å². The van der Waals surface area contributed by atoms with Gasteiger partial charge in [0.25, 0.3) is 11.8 Å². The van der Waals surface area contributed by atoms with Gasteiger partial charge in [-0.3, -0.25) is 43.4 Å². The highest BCUT2D eigenvalue weighted by Gasteiger charge is 2.35. The summed E-state index contributed by atoms with van der Waals surface area (Å²) in [6.45, 7) is 16.7. The molecule has 2 fully saturated rings. The Hall–Kier alpha value is -7.33. The summed E-state index contributed by atoms with van der Waals surface area (Å²) in [4.78, 5) is 107. The molecule has 0 bridgehead atoms. The fourth-order valence-corrected chi connectivity index (χ4v) is 11.0. The zero-order valence-electron chi connectivity index (χ0n) is 48.6. The van der Waals surface area contributed by atoms with Crippen molar-refractivity contribution >= 4 is 70.3 Å². The van der Waals surface area contributed by atoms with Gasteiger partial charge in [-0.25, -0.2) is 13.9 Å². The number of likely N-dealkylation sites (N-methyl/N-ethyl adjacent to an activating group) is 1. The Balaban J connectivity index is 0.892. The number of aliphatic hydroxyl groups is 1. The third-order valence-electron chi connectivity index (χ3n) is 16.2. The fraction of sp³-hybridized carbons (Fsp3) is 0.567. The van der Waals surface area contributed by atoms with Crippen molar-refractivity contribution in [3.05, 3.63) is 83.2 Å². The molecule has 82 heavy (non-hydrogen) atoms. The van der Waals surface area contributed by atoms with Crippen LogP contribution >= 0.6 is 0 Å². The monoisotopic (exact) mass is 1140 g/mol. The summed E-state index contributed by atoms with van der Waals surface area (Å²) in [5.74, 6) is -3.87. The number of unbranched alkanes of at least 4 members (excludes halogenated alkanes) is 2. The van der Waals surface area contributed by atoms with Crippen LogP contribution in [0.2, 0.25) is 0 Å². The van der Waals surface area contributed by atoms with Gasteiger partial charge >= 0.3 is 12.1 Å². The number of carbonyl (C=O) groups excluding carboxylic acids is 8. The van der Waals surface area contributed by atoms with Crippen molar-refractivity contribution in [3.63, 3.8) is 0 Å². The number of anilines is 1. The van der Waals surface area contributed by atoms with Crippen molar-refractivity contribution in [2.45, 2.75) is 149 Å². The molecule has 7 atom stereocenters. The largest absolute Gasteiger partial charge is 0.457 e. The molecule has 1 aromatic heterocycles. The van der Waals surface area contributed by atoms with Crippen molar-refractivity contribution in [1.82, 2.24) is 40.3 Å². The van der Waals surface area contributed by atoms with Crippen LogP contribution in [0, 0.1) is 23.6 Å². The number of carbonyl (C=O) groups is 8. The van der Waals surface area contributed by atoms with Crippen molar-refractivity contribution in [2.24, 2.45) is 17.8 Å². The number of imide groups is 1. The molecule has 0 spiro atoms. The Bertz CT molecular complexity index is 2890. The number of likely N-dealkylation sites (tertiary alicyclic amines) is 1. The molecular formula is C60H82FN10O11+. The molecule has 7 rings (SSSR count). The van der Waals surface area contributed by atoms with Gasteiger partial charge in [-0.05, 0) is 106 Å². The number of aromatic nitrogens is 3. The number of nitrogens with zero attached hydrogens (tertiary/aromatic N) is 7. The first-order chi connectivity index (χ1) is 39.0. The van der Waals surface area contributed by atoms with Gasteiger partial charge in [0.2, 0.25) is 23.6 Å². The molecule has 21 nitrogen and oxygen atoms in total. The van der Waals surface area contributed by atoms with Crippen molar-refractivity contribution < 1.29 is 61.8 Å². The fourth-order valence-electron chi connectivity index (χ4n) is 11.0. The van der Waals surface area contributed by atoms with E-state index in [9.17, 15) is 43.5 Å². The maximum Gasteiger partial charge on any atom is 0.410 e. The molecule has 0 radical (unpaired) electrons. The molecule has 4 aliphatic rings. The van der Waals surface area contributed by atoms with E-state index in [1.54, 1.807) is 67.3 Å². The van der Waals surface area contributed by atoms with Crippen LogP contribution < -0.4 is 16.0 Å². The van der Waals surface area contributed by atoms with E-state index in [1.807, 2.05) is 44.2 Å². The minimum Gasteiger partial charge on any atom is -0.457 e. The summed E-state index contributed by atoms with van der Waals surface area (Å²) in [5, 5.41) is 27.7. The average Bonchev–Trinajstić information content (AvgIpc) is 4.01. The van der Waals surface area contributed by atoms with Gasteiger partial charge in [0.15, 0.2) is 5.82 Å². The number of fused-ring (bicyclic) bond motifs is 1. The number of aliphatic hydroxyl groups excluding tert-OH is 1. The third kappa shape index (κ3) is 16.7. The van der Waals surface area contributed by atoms with Crippen molar-refractivity contribution in [3.8, 4) is 0 Å². The minimum absolute atomic E-state index is 0.0117. The first-order valence-corrected chi connectivity index (χ1v) is 28.8. The van der Waals surface area contributed by atoms with Crippen LogP contribution in [0.4, 0.5) is 14.9 Å². The van der Waals surface area contributed by atoms with Gasteiger partial charge in [-0.1, -0.05) is 63.6 Å².